The quantitative estimate of drug-likeness (QED) is 0.674. The van der Waals surface area contributed by atoms with Gasteiger partial charge in [-0.3, -0.25) is 4.79 Å². The Balaban J connectivity index is 1.68. The third-order valence-electron chi connectivity index (χ3n) is 5.04. The van der Waals surface area contributed by atoms with Crippen molar-refractivity contribution >= 4 is 28.9 Å². The predicted molar refractivity (Wildman–Crippen MR) is 116 cm³/mol. The lowest BCUT2D eigenvalue weighted by molar-refractivity contribution is -0.113. The summed E-state index contributed by atoms with van der Waals surface area (Å²) in [4.78, 5) is 13.2. The van der Waals surface area contributed by atoms with E-state index in [4.69, 9.17) is 21.7 Å². The first-order valence-electron chi connectivity index (χ1n) is 9.49. The molecule has 0 bridgehead atoms. The van der Waals surface area contributed by atoms with Crippen molar-refractivity contribution in [2.24, 2.45) is 0 Å². The van der Waals surface area contributed by atoms with Crippen molar-refractivity contribution in [3.05, 3.63) is 64.4 Å². The number of anilines is 1. The maximum Gasteiger partial charge on any atom is 0.255 e. The van der Waals surface area contributed by atoms with Crippen LogP contribution in [0.3, 0.4) is 0 Å². The number of aryl methyl sites for hydroxylation is 2. The minimum atomic E-state index is -0.398. The Morgan fingerprint density at radius 1 is 1.07 bits per heavy atom. The van der Waals surface area contributed by atoms with Gasteiger partial charge in [0.2, 0.25) is 0 Å². The van der Waals surface area contributed by atoms with Gasteiger partial charge in [0.25, 0.3) is 5.91 Å². The van der Waals surface area contributed by atoms with E-state index in [0.29, 0.717) is 35.4 Å². The molecule has 0 spiro atoms. The largest absolute Gasteiger partial charge is 0.486 e. The van der Waals surface area contributed by atoms with E-state index < -0.39 is 6.04 Å². The number of amides is 1. The van der Waals surface area contributed by atoms with Crippen LogP contribution in [0, 0.1) is 13.8 Å². The van der Waals surface area contributed by atoms with Crippen molar-refractivity contribution in [3.63, 3.8) is 0 Å². The minimum Gasteiger partial charge on any atom is -0.486 e. The van der Waals surface area contributed by atoms with Crippen molar-refractivity contribution in [2.75, 3.05) is 18.5 Å². The highest BCUT2D eigenvalue weighted by atomic mass is 32.1. The van der Waals surface area contributed by atoms with Crippen LogP contribution in [0.1, 0.15) is 29.7 Å². The highest BCUT2D eigenvalue weighted by Crippen LogP contribution is 2.36. The first-order chi connectivity index (χ1) is 13.9. The molecule has 0 radical (unpaired) electrons. The number of hydrogen-bond donors (Lipinski definition) is 3. The third kappa shape index (κ3) is 3.91. The molecule has 2 heterocycles. The van der Waals surface area contributed by atoms with E-state index in [1.165, 1.54) is 0 Å². The summed E-state index contributed by atoms with van der Waals surface area (Å²) < 4.78 is 11.3. The Kier molecular flexibility index (Phi) is 5.15. The molecule has 7 heteroatoms. The molecule has 2 aromatic rings. The van der Waals surface area contributed by atoms with Crippen molar-refractivity contribution in [2.45, 2.75) is 26.8 Å². The molecule has 1 atom stereocenters. The number of nitrogens with one attached hydrogen (secondary N) is 3. The van der Waals surface area contributed by atoms with Crippen LogP contribution in [0.5, 0.6) is 11.5 Å². The lowest BCUT2D eigenvalue weighted by Gasteiger charge is -2.31. The zero-order valence-electron chi connectivity index (χ0n) is 16.6. The molecule has 1 amide bonds. The zero-order valence-corrected chi connectivity index (χ0v) is 17.4. The molecule has 150 valence electrons. The average Bonchev–Trinajstić information content (AvgIpc) is 2.69. The summed E-state index contributed by atoms with van der Waals surface area (Å²) in [7, 11) is 0. The Morgan fingerprint density at radius 2 is 1.83 bits per heavy atom. The highest BCUT2D eigenvalue weighted by molar-refractivity contribution is 7.80. The van der Waals surface area contributed by atoms with Crippen LogP contribution >= 0.6 is 12.2 Å². The van der Waals surface area contributed by atoms with Gasteiger partial charge in [-0.05, 0) is 62.3 Å². The first-order valence-corrected chi connectivity index (χ1v) is 9.89. The van der Waals surface area contributed by atoms with E-state index in [1.54, 1.807) is 0 Å². The fourth-order valence-corrected chi connectivity index (χ4v) is 3.90. The second-order valence-electron chi connectivity index (χ2n) is 7.25. The molecule has 0 aliphatic carbocycles. The number of hydrogen-bond acceptors (Lipinski definition) is 4. The topological polar surface area (TPSA) is 71.6 Å². The molecule has 0 saturated heterocycles. The number of benzene rings is 2. The molecule has 3 N–H and O–H groups in total. The molecule has 0 fully saturated rings. The van der Waals surface area contributed by atoms with E-state index in [0.717, 1.165) is 28.1 Å². The molecule has 2 aromatic carbocycles. The predicted octanol–water partition coefficient (Wildman–Crippen LogP) is 3.51. The van der Waals surface area contributed by atoms with Gasteiger partial charge in [-0.25, -0.2) is 0 Å². The van der Waals surface area contributed by atoms with Crippen LogP contribution in [0.4, 0.5) is 5.69 Å². The number of thiocarbonyl (C=S) groups is 1. The summed E-state index contributed by atoms with van der Waals surface area (Å²) in [5, 5.41) is 9.80. The van der Waals surface area contributed by atoms with Crippen LogP contribution < -0.4 is 25.4 Å². The van der Waals surface area contributed by atoms with Gasteiger partial charge in [-0.2, -0.15) is 0 Å². The minimum absolute atomic E-state index is 0.183. The Morgan fingerprint density at radius 3 is 2.59 bits per heavy atom. The fraction of sp³-hybridized carbons (Fsp3) is 0.273. The number of allylic oxidation sites excluding steroid dienone is 1. The summed E-state index contributed by atoms with van der Waals surface area (Å²) >= 11 is 5.34. The van der Waals surface area contributed by atoms with Gasteiger partial charge >= 0.3 is 0 Å². The molecule has 4 rings (SSSR count). The van der Waals surface area contributed by atoms with Gasteiger partial charge < -0.3 is 25.4 Å². The number of carbonyl (C=O) groups is 1. The van der Waals surface area contributed by atoms with E-state index >= 15 is 0 Å². The molecule has 2 aliphatic heterocycles. The van der Waals surface area contributed by atoms with Crippen molar-refractivity contribution in [1.29, 1.82) is 0 Å². The van der Waals surface area contributed by atoms with Crippen molar-refractivity contribution in [3.8, 4) is 11.5 Å². The van der Waals surface area contributed by atoms with E-state index in [-0.39, 0.29) is 5.91 Å². The van der Waals surface area contributed by atoms with E-state index in [9.17, 15) is 4.79 Å². The first kappa shape index (κ1) is 19.3. The maximum atomic E-state index is 13.2. The smallest absolute Gasteiger partial charge is 0.255 e. The maximum absolute atomic E-state index is 13.2. The molecule has 2 aliphatic rings. The second-order valence-corrected chi connectivity index (χ2v) is 7.65. The standard InChI is InChI=1S/C22H23N3O3S/c1-12-4-6-16(13(2)10-12)24-21(26)19-14(3)23-22(29)25-20(19)15-5-7-17-18(11-15)28-9-8-27-17/h4-7,10-11,20H,8-9H2,1-3H3,(H,24,26)(H2,23,25,29). The van der Waals surface area contributed by atoms with Gasteiger partial charge in [-0.1, -0.05) is 23.8 Å². The van der Waals surface area contributed by atoms with Crippen LogP contribution in [0.2, 0.25) is 0 Å². The van der Waals surface area contributed by atoms with Gasteiger partial charge in [-0.15, -0.1) is 0 Å². The molecule has 0 saturated carbocycles. The van der Waals surface area contributed by atoms with Gasteiger partial charge in [0.1, 0.15) is 13.2 Å². The summed E-state index contributed by atoms with van der Waals surface area (Å²) in [6.45, 7) is 6.90. The molecular weight excluding hydrogens is 386 g/mol. The molecule has 1 unspecified atom stereocenters. The summed E-state index contributed by atoms with van der Waals surface area (Å²) in [6, 6.07) is 11.2. The normalized spacial score (nSPS) is 18.0. The number of fused-ring (bicyclic) bond motifs is 1. The van der Waals surface area contributed by atoms with Crippen LogP contribution in [-0.4, -0.2) is 24.2 Å². The number of rotatable bonds is 3. The summed E-state index contributed by atoms with van der Waals surface area (Å²) in [6.07, 6.45) is 0. The van der Waals surface area contributed by atoms with Crippen LogP contribution in [0.15, 0.2) is 47.7 Å². The highest BCUT2D eigenvalue weighted by Gasteiger charge is 2.31. The fourth-order valence-electron chi connectivity index (χ4n) is 3.63. The Labute approximate surface area is 175 Å². The molecule has 29 heavy (non-hydrogen) atoms. The number of ether oxygens (including phenoxy) is 2. The Hall–Kier alpha value is -3.06. The molecule has 6 nitrogen and oxygen atoms in total. The van der Waals surface area contributed by atoms with Gasteiger partial charge in [0.15, 0.2) is 16.6 Å². The average molecular weight is 410 g/mol. The van der Waals surface area contributed by atoms with Crippen molar-refractivity contribution < 1.29 is 14.3 Å². The van der Waals surface area contributed by atoms with Gasteiger partial charge in [0, 0.05) is 11.4 Å². The van der Waals surface area contributed by atoms with Crippen molar-refractivity contribution in [1.82, 2.24) is 10.6 Å². The zero-order chi connectivity index (χ0) is 20.5. The lowest BCUT2D eigenvalue weighted by Crippen LogP contribution is -2.45. The van der Waals surface area contributed by atoms with Crippen LogP contribution in [0.25, 0.3) is 0 Å². The summed E-state index contributed by atoms with van der Waals surface area (Å²) in [5.41, 5.74) is 5.13. The van der Waals surface area contributed by atoms with Crippen LogP contribution in [-0.2, 0) is 4.79 Å². The van der Waals surface area contributed by atoms with Gasteiger partial charge in [0.05, 0.1) is 11.6 Å². The monoisotopic (exact) mass is 409 g/mol. The SMILES string of the molecule is CC1=C(C(=O)Nc2ccc(C)cc2C)C(c2ccc3c(c2)OCCO3)NC(=S)N1. The molecule has 0 aromatic heterocycles. The lowest BCUT2D eigenvalue weighted by atomic mass is 9.94. The number of carbonyl (C=O) groups excluding carboxylic acids is 1. The summed E-state index contributed by atoms with van der Waals surface area (Å²) in [5.74, 6) is 1.20. The Bertz CT molecular complexity index is 1030. The van der Waals surface area contributed by atoms with E-state index in [2.05, 4.69) is 16.0 Å². The second kappa shape index (κ2) is 7.75. The third-order valence-corrected chi connectivity index (χ3v) is 5.26. The molecular formula is C22H23N3O3S. The van der Waals surface area contributed by atoms with E-state index in [1.807, 2.05) is 57.2 Å².